The maximum atomic E-state index is 11.8. The van der Waals surface area contributed by atoms with Gasteiger partial charge < -0.3 is 10.1 Å². The van der Waals surface area contributed by atoms with Gasteiger partial charge in [-0.3, -0.25) is 9.59 Å². The Kier molecular flexibility index (Phi) is 3.19. The van der Waals surface area contributed by atoms with Gasteiger partial charge in [-0.25, -0.2) is 0 Å². The highest BCUT2D eigenvalue weighted by Crippen LogP contribution is 2.18. The van der Waals surface area contributed by atoms with Crippen LogP contribution in [0.4, 0.5) is 0 Å². The van der Waals surface area contributed by atoms with Gasteiger partial charge in [0, 0.05) is 12.0 Å². The minimum absolute atomic E-state index is 0.0284. The second-order valence-corrected chi connectivity index (χ2v) is 4.56. The fourth-order valence-corrected chi connectivity index (χ4v) is 2.16. The highest BCUT2D eigenvalue weighted by atomic mass is 16.4. The van der Waals surface area contributed by atoms with Crippen LogP contribution in [-0.2, 0) is 11.2 Å². The van der Waals surface area contributed by atoms with E-state index in [2.05, 4.69) is 4.98 Å². The molecule has 4 nitrogen and oxygen atoms in total. The van der Waals surface area contributed by atoms with Crippen molar-refractivity contribution in [3.05, 3.63) is 45.2 Å². The number of aromatic nitrogens is 1. The molecule has 0 unspecified atom stereocenters. The lowest BCUT2D eigenvalue weighted by Crippen LogP contribution is -2.14. The SMILES string of the molecule is Cc1cc(C)c2[nH]c(=O)c(CCC(=O)O)cc2c1. The molecule has 1 heterocycles. The summed E-state index contributed by atoms with van der Waals surface area (Å²) in [6, 6.07) is 5.79. The van der Waals surface area contributed by atoms with Gasteiger partial charge in [0.1, 0.15) is 0 Å². The van der Waals surface area contributed by atoms with Crippen LogP contribution in [0.3, 0.4) is 0 Å². The Bertz CT molecular complexity index is 671. The van der Waals surface area contributed by atoms with Gasteiger partial charge in [0.2, 0.25) is 0 Å². The van der Waals surface area contributed by atoms with E-state index in [1.807, 2.05) is 26.0 Å². The number of carboxylic acid groups (broad SMARTS) is 1. The largest absolute Gasteiger partial charge is 0.481 e. The van der Waals surface area contributed by atoms with Crippen LogP contribution in [-0.4, -0.2) is 16.1 Å². The molecule has 18 heavy (non-hydrogen) atoms. The first-order valence-corrected chi connectivity index (χ1v) is 5.82. The van der Waals surface area contributed by atoms with E-state index in [0.29, 0.717) is 5.56 Å². The first-order chi connectivity index (χ1) is 8.47. The zero-order chi connectivity index (χ0) is 13.3. The number of pyridine rings is 1. The predicted molar refractivity (Wildman–Crippen MR) is 70.0 cm³/mol. The molecule has 0 saturated carbocycles. The molecule has 94 valence electrons. The van der Waals surface area contributed by atoms with Crippen molar-refractivity contribution in [2.75, 3.05) is 0 Å². The van der Waals surface area contributed by atoms with E-state index < -0.39 is 5.97 Å². The molecule has 1 aromatic carbocycles. The highest BCUT2D eigenvalue weighted by Gasteiger charge is 2.07. The monoisotopic (exact) mass is 245 g/mol. The highest BCUT2D eigenvalue weighted by molar-refractivity contribution is 5.83. The molecule has 0 aliphatic heterocycles. The van der Waals surface area contributed by atoms with Crippen LogP contribution in [0, 0.1) is 13.8 Å². The number of benzene rings is 1. The molecule has 0 aliphatic rings. The third-order valence-electron chi connectivity index (χ3n) is 2.98. The maximum Gasteiger partial charge on any atom is 0.303 e. The van der Waals surface area contributed by atoms with Crippen molar-refractivity contribution in [1.29, 1.82) is 0 Å². The minimum Gasteiger partial charge on any atom is -0.481 e. The summed E-state index contributed by atoms with van der Waals surface area (Å²) in [5.41, 5.74) is 3.29. The zero-order valence-electron chi connectivity index (χ0n) is 10.4. The molecule has 0 atom stereocenters. The normalized spacial score (nSPS) is 10.8. The van der Waals surface area contributed by atoms with Gasteiger partial charge in [-0.05, 0) is 43.4 Å². The summed E-state index contributed by atoms with van der Waals surface area (Å²) in [6.07, 6.45) is 0.229. The second-order valence-electron chi connectivity index (χ2n) is 4.56. The molecule has 2 rings (SSSR count). The summed E-state index contributed by atoms with van der Waals surface area (Å²) in [5.74, 6) is -0.894. The Morgan fingerprint density at radius 1 is 1.28 bits per heavy atom. The Morgan fingerprint density at radius 3 is 2.67 bits per heavy atom. The van der Waals surface area contributed by atoms with Gasteiger partial charge in [-0.15, -0.1) is 0 Å². The first-order valence-electron chi connectivity index (χ1n) is 5.82. The summed E-state index contributed by atoms with van der Waals surface area (Å²) in [7, 11) is 0. The van der Waals surface area contributed by atoms with Crippen LogP contribution in [0.25, 0.3) is 10.9 Å². The lowest BCUT2D eigenvalue weighted by Gasteiger charge is -2.06. The number of aryl methyl sites for hydroxylation is 3. The number of carbonyl (C=O) groups is 1. The molecule has 4 heteroatoms. The molecule has 2 aromatic rings. The molecule has 1 aromatic heterocycles. The summed E-state index contributed by atoms with van der Waals surface area (Å²) in [6.45, 7) is 3.94. The third-order valence-corrected chi connectivity index (χ3v) is 2.98. The Balaban J connectivity index is 2.54. The molecule has 0 radical (unpaired) electrons. The van der Waals surface area contributed by atoms with Crippen molar-refractivity contribution in [2.45, 2.75) is 26.7 Å². The molecule has 0 aliphatic carbocycles. The van der Waals surface area contributed by atoms with E-state index in [0.717, 1.165) is 22.0 Å². The number of nitrogens with one attached hydrogen (secondary N) is 1. The molecule has 0 fully saturated rings. The predicted octanol–water partition coefficient (Wildman–Crippen LogP) is 2.16. The Morgan fingerprint density at radius 2 is 2.00 bits per heavy atom. The minimum atomic E-state index is -0.894. The quantitative estimate of drug-likeness (QED) is 0.870. The molecular formula is C14H15NO3. The van der Waals surface area contributed by atoms with E-state index in [4.69, 9.17) is 5.11 Å². The van der Waals surface area contributed by atoms with Crippen LogP contribution >= 0.6 is 0 Å². The van der Waals surface area contributed by atoms with Gasteiger partial charge in [0.05, 0.1) is 5.52 Å². The van der Waals surface area contributed by atoms with Gasteiger partial charge in [-0.1, -0.05) is 11.6 Å². The summed E-state index contributed by atoms with van der Waals surface area (Å²) < 4.78 is 0. The Labute approximate surface area is 104 Å². The summed E-state index contributed by atoms with van der Waals surface area (Å²) in [4.78, 5) is 25.2. The van der Waals surface area contributed by atoms with E-state index in [9.17, 15) is 9.59 Å². The van der Waals surface area contributed by atoms with Gasteiger partial charge in [0.25, 0.3) is 5.56 Å². The van der Waals surface area contributed by atoms with Crippen molar-refractivity contribution in [1.82, 2.24) is 4.98 Å². The van der Waals surface area contributed by atoms with Gasteiger partial charge in [0.15, 0.2) is 0 Å². The second kappa shape index (κ2) is 4.64. The number of carboxylic acids is 1. The molecule has 0 spiro atoms. The van der Waals surface area contributed by atoms with Crippen LogP contribution in [0.5, 0.6) is 0 Å². The number of fused-ring (bicyclic) bond motifs is 1. The van der Waals surface area contributed by atoms with Crippen molar-refractivity contribution >= 4 is 16.9 Å². The number of hydrogen-bond donors (Lipinski definition) is 2. The van der Waals surface area contributed by atoms with Crippen molar-refractivity contribution in [2.24, 2.45) is 0 Å². The zero-order valence-corrected chi connectivity index (χ0v) is 10.4. The fourth-order valence-electron chi connectivity index (χ4n) is 2.16. The first kappa shape index (κ1) is 12.4. The molecule has 0 amide bonds. The molecular weight excluding hydrogens is 230 g/mol. The van der Waals surface area contributed by atoms with Crippen LogP contribution in [0.1, 0.15) is 23.1 Å². The fraction of sp³-hybridized carbons (Fsp3) is 0.286. The lowest BCUT2D eigenvalue weighted by molar-refractivity contribution is -0.136. The van der Waals surface area contributed by atoms with Crippen molar-refractivity contribution < 1.29 is 9.90 Å². The van der Waals surface area contributed by atoms with E-state index in [-0.39, 0.29) is 18.4 Å². The number of aliphatic carboxylic acids is 1. The van der Waals surface area contributed by atoms with E-state index in [1.54, 1.807) is 6.07 Å². The summed E-state index contributed by atoms with van der Waals surface area (Å²) >= 11 is 0. The van der Waals surface area contributed by atoms with Crippen molar-refractivity contribution in [3.63, 3.8) is 0 Å². The molecule has 2 N–H and O–H groups in total. The van der Waals surface area contributed by atoms with Crippen molar-refractivity contribution in [3.8, 4) is 0 Å². The van der Waals surface area contributed by atoms with Crippen LogP contribution < -0.4 is 5.56 Å². The maximum absolute atomic E-state index is 11.8. The number of aromatic amines is 1. The topological polar surface area (TPSA) is 70.2 Å². The number of H-pyrrole nitrogens is 1. The number of rotatable bonds is 3. The molecule has 0 saturated heterocycles. The average molecular weight is 245 g/mol. The Hall–Kier alpha value is -2.10. The summed E-state index contributed by atoms with van der Waals surface area (Å²) in [5, 5.41) is 9.61. The molecule has 0 bridgehead atoms. The van der Waals surface area contributed by atoms with E-state index in [1.165, 1.54) is 0 Å². The lowest BCUT2D eigenvalue weighted by atomic mass is 10.0. The standard InChI is InChI=1S/C14H15NO3/c1-8-5-9(2)13-11(6-8)7-10(14(18)15-13)3-4-12(16)17/h5-7H,3-4H2,1-2H3,(H,15,18)(H,16,17). The van der Waals surface area contributed by atoms with E-state index >= 15 is 0 Å². The van der Waals surface area contributed by atoms with Gasteiger partial charge >= 0.3 is 5.97 Å². The number of hydrogen-bond acceptors (Lipinski definition) is 2. The van der Waals surface area contributed by atoms with Crippen LogP contribution in [0.15, 0.2) is 23.0 Å². The third kappa shape index (κ3) is 2.42. The smallest absolute Gasteiger partial charge is 0.303 e. The van der Waals surface area contributed by atoms with Gasteiger partial charge in [-0.2, -0.15) is 0 Å². The average Bonchev–Trinajstić information content (AvgIpc) is 2.27. The van der Waals surface area contributed by atoms with Crippen LogP contribution in [0.2, 0.25) is 0 Å².